The summed E-state index contributed by atoms with van der Waals surface area (Å²) in [6, 6.07) is 6.45. The number of nitrogens with zero attached hydrogens (tertiary/aromatic N) is 5. The average Bonchev–Trinajstić information content (AvgIpc) is 3.42. The van der Waals surface area contributed by atoms with Crippen LogP contribution in [0, 0.1) is 5.92 Å². The maximum atomic E-state index is 12.9. The molecule has 3 aromatic heterocycles. The van der Waals surface area contributed by atoms with Crippen molar-refractivity contribution in [1.82, 2.24) is 24.2 Å². The molecule has 2 aliphatic carbocycles. The van der Waals surface area contributed by atoms with Crippen molar-refractivity contribution in [1.29, 1.82) is 0 Å². The second kappa shape index (κ2) is 9.43. The van der Waals surface area contributed by atoms with Crippen LogP contribution >= 0.6 is 0 Å². The first-order valence-electron chi connectivity index (χ1n) is 13.5. The van der Waals surface area contributed by atoms with E-state index in [0.29, 0.717) is 5.92 Å². The van der Waals surface area contributed by atoms with E-state index in [-0.39, 0.29) is 18.5 Å². The van der Waals surface area contributed by atoms with Gasteiger partial charge in [0.25, 0.3) is 0 Å². The van der Waals surface area contributed by atoms with Crippen LogP contribution in [0.25, 0.3) is 22.3 Å². The summed E-state index contributed by atoms with van der Waals surface area (Å²) >= 11 is 0. The van der Waals surface area contributed by atoms with Crippen LogP contribution in [-0.4, -0.2) is 54.2 Å². The van der Waals surface area contributed by atoms with Gasteiger partial charge in [-0.3, -0.25) is 4.68 Å². The van der Waals surface area contributed by atoms with E-state index in [4.69, 9.17) is 19.6 Å². The molecule has 0 unspecified atom stereocenters. The standard InChI is InChI=1S/C29H39N5O4/c1-28(2,3)37-26(35)33(27(36)38-29(4,5)6)16-18-14-20(15-18)34-17-21(25(31-34)19-8-9-19)22-10-11-24-23(30-22)12-13-32(24)7/h10-13,17-20H,8-9,14-16H2,1-7H3/t18-,20-. The van der Waals surface area contributed by atoms with Gasteiger partial charge >= 0.3 is 12.2 Å². The molecule has 5 rings (SSSR count). The van der Waals surface area contributed by atoms with Gasteiger partial charge in [-0.1, -0.05) is 0 Å². The fraction of sp³-hybridized carbons (Fsp3) is 0.586. The number of aromatic nitrogens is 4. The number of imide groups is 1. The van der Waals surface area contributed by atoms with Gasteiger partial charge in [0.1, 0.15) is 11.2 Å². The summed E-state index contributed by atoms with van der Waals surface area (Å²) in [6.07, 6.45) is 6.77. The summed E-state index contributed by atoms with van der Waals surface area (Å²) in [5.74, 6) is 0.640. The highest BCUT2D eigenvalue weighted by molar-refractivity contribution is 5.88. The number of hydrogen-bond acceptors (Lipinski definition) is 6. The highest BCUT2D eigenvalue weighted by Crippen LogP contribution is 2.46. The van der Waals surface area contributed by atoms with E-state index in [2.05, 4.69) is 27.6 Å². The molecule has 3 aromatic rings. The number of rotatable bonds is 5. The Bertz CT molecular complexity index is 1320. The summed E-state index contributed by atoms with van der Waals surface area (Å²) in [7, 11) is 2.02. The van der Waals surface area contributed by atoms with Crippen LogP contribution in [0.2, 0.25) is 0 Å². The lowest BCUT2D eigenvalue weighted by molar-refractivity contribution is -0.00641. The molecule has 0 bridgehead atoms. The number of aryl methyl sites for hydroxylation is 1. The molecule has 204 valence electrons. The van der Waals surface area contributed by atoms with Crippen LogP contribution in [-0.2, 0) is 16.5 Å². The molecule has 0 atom stereocenters. The molecule has 0 aliphatic heterocycles. The Morgan fingerprint density at radius 3 is 2.21 bits per heavy atom. The van der Waals surface area contributed by atoms with Crippen molar-refractivity contribution in [3.8, 4) is 11.3 Å². The van der Waals surface area contributed by atoms with E-state index >= 15 is 0 Å². The third-order valence-corrected chi connectivity index (χ3v) is 6.99. The van der Waals surface area contributed by atoms with Crippen LogP contribution in [0.5, 0.6) is 0 Å². The molecule has 0 aromatic carbocycles. The SMILES string of the molecule is Cn1ccc2nc(-c3cn([C@H]4C[C@H](CN(C(=O)OC(C)(C)C)C(=O)OC(C)(C)C)C4)nc3C3CC3)ccc21. The van der Waals surface area contributed by atoms with E-state index in [1.807, 2.05) is 19.3 Å². The Morgan fingerprint density at radius 2 is 1.63 bits per heavy atom. The van der Waals surface area contributed by atoms with Gasteiger partial charge in [-0.15, -0.1) is 0 Å². The van der Waals surface area contributed by atoms with Crippen LogP contribution in [0.15, 0.2) is 30.6 Å². The predicted molar refractivity (Wildman–Crippen MR) is 145 cm³/mol. The Hall–Kier alpha value is -3.36. The summed E-state index contributed by atoms with van der Waals surface area (Å²) in [4.78, 5) is 31.8. The quantitative estimate of drug-likeness (QED) is 0.384. The van der Waals surface area contributed by atoms with Gasteiger partial charge in [0.05, 0.1) is 28.5 Å². The maximum Gasteiger partial charge on any atom is 0.419 e. The average molecular weight is 522 g/mol. The summed E-state index contributed by atoms with van der Waals surface area (Å²) < 4.78 is 15.2. The Labute approximate surface area is 224 Å². The molecule has 0 saturated heterocycles. The van der Waals surface area contributed by atoms with Crippen molar-refractivity contribution in [2.45, 2.75) is 90.4 Å². The first-order valence-corrected chi connectivity index (χ1v) is 13.5. The highest BCUT2D eigenvalue weighted by Gasteiger charge is 2.39. The topological polar surface area (TPSA) is 91.5 Å². The molecule has 2 saturated carbocycles. The lowest BCUT2D eigenvalue weighted by atomic mass is 9.80. The number of pyridine rings is 1. The molecule has 0 spiro atoms. The third-order valence-electron chi connectivity index (χ3n) is 6.99. The fourth-order valence-electron chi connectivity index (χ4n) is 4.93. The highest BCUT2D eigenvalue weighted by atomic mass is 16.6. The van der Waals surface area contributed by atoms with Crippen LogP contribution in [0.3, 0.4) is 0 Å². The van der Waals surface area contributed by atoms with Gasteiger partial charge in [-0.05, 0) is 91.3 Å². The lowest BCUT2D eigenvalue weighted by Gasteiger charge is -2.38. The van der Waals surface area contributed by atoms with Gasteiger partial charge < -0.3 is 14.0 Å². The van der Waals surface area contributed by atoms with Gasteiger partial charge in [-0.25, -0.2) is 19.5 Å². The minimum absolute atomic E-state index is 0.149. The molecule has 2 fully saturated rings. The van der Waals surface area contributed by atoms with Crippen LogP contribution in [0.4, 0.5) is 9.59 Å². The Morgan fingerprint density at radius 1 is 1.00 bits per heavy atom. The largest absolute Gasteiger partial charge is 0.443 e. The predicted octanol–water partition coefficient (Wildman–Crippen LogP) is 6.44. The zero-order chi connectivity index (χ0) is 27.4. The first kappa shape index (κ1) is 26.3. The van der Waals surface area contributed by atoms with Crippen molar-refractivity contribution < 1.29 is 19.1 Å². The van der Waals surface area contributed by atoms with E-state index in [1.165, 1.54) is 0 Å². The molecule has 38 heavy (non-hydrogen) atoms. The molecule has 9 nitrogen and oxygen atoms in total. The minimum atomic E-state index is -0.707. The molecule has 0 N–H and O–H groups in total. The summed E-state index contributed by atoms with van der Waals surface area (Å²) in [5.41, 5.74) is 3.85. The normalized spacial score (nSPS) is 19.8. The summed E-state index contributed by atoms with van der Waals surface area (Å²) in [6.45, 7) is 11.0. The zero-order valence-corrected chi connectivity index (χ0v) is 23.5. The van der Waals surface area contributed by atoms with E-state index < -0.39 is 23.4 Å². The molecule has 0 radical (unpaired) electrons. The lowest BCUT2D eigenvalue weighted by Crippen LogP contribution is -2.47. The van der Waals surface area contributed by atoms with Crippen molar-refractivity contribution in [3.63, 3.8) is 0 Å². The molecular formula is C29H39N5O4. The minimum Gasteiger partial charge on any atom is -0.443 e. The molecule has 9 heteroatoms. The Balaban J connectivity index is 1.30. The number of fused-ring (bicyclic) bond motifs is 1. The van der Waals surface area contributed by atoms with E-state index in [0.717, 1.165) is 58.6 Å². The first-order chi connectivity index (χ1) is 17.8. The smallest absolute Gasteiger partial charge is 0.419 e. The molecular weight excluding hydrogens is 482 g/mol. The maximum absolute atomic E-state index is 12.9. The number of ether oxygens (including phenoxy) is 2. The van der Waals surface area contributed by atoms with Crippen LogP contribution in [0.1, 0.15) is 84.9 Å². The van der Waals surface area contributed by atoms with Crippen molar-refractivity contribution in [3.05, 3.63) is 36.3 Å². The van der Waals surface area contributed by atoms with Gasteiger partial charge in [0.2, 0.25) is 0 Å². The number of carbonyl (C=O) groups excluding carboxylic acids is 2. The third kappa shape index (κ3) is 5.71. The van der Waals surface area contributed by atoms with Gasteiger partial charge in [0, 0.05) is 37.5 Å². The van der Waals surface area contributed by atoms with Crippen molar-refractivity contribution in [2.75, 3.05) is 6.54 Å². The number of carbonyl (C=O) groups is 2. The summed E-state index contributed by atoms with van der Waals surface area (Å²) in [5, 5.41) is 5.01. The van der Waals surface area contributed by atoms with Crippen LogP contribution < -0.4 is 0 Å². The zero-order valence-electron chi connectivity index (χ0n) is 23.5. The van der Waals surface area contributed by atoms with Gasteiger partial charge in [-0.2, -0.15) is 5.10 Å². The van der Waals surface area contributed by atoms with Crippen molar-refractivity contribution >= 4 is 23.2 Å². The monoisotopic (exact) mass is 521 g/mol. The second-order valence-electron chi connectivity index (χ2n) is 12.8. The van der Waals surface area contributed by atoms with E-state index in [9.17, 15) is 9.59 Å². The number of amides is 2. The second-order valence-corrected chi connectivity index (χ2v) is 12.8. The Kier molecular flexibility index (Phi) is 6.52. The molecule has 2 aliphatic rings. The molecule has 3 heterocycles. The fourth-order valence-corrected chi connectivity index (χ4v) is 4.93. The number of hydrogen-bond donors (Lipinski definition) is 0. The van der Waals surface area contributed by atoms with Gasteiger partial charge in [0.15, 0.2) is 0 Å². The van der Waals surface area contributed by atoms with E-state index in [1.54, 1.807) is 41.5 Å². The molecule has 2 amide bonds. The van der Waals surface area contributed by atoms with Crippen molar-refractivity contribution in [2.24, 2.45) is 13.0 Å².